The van der Waals surface area contributed by atoms with E-state index in [1.807, 2.05) is 18.4 Å². The second-order valence-electron chi connectivity index (χ2n) is 9.74. The van der Waals surface area contributed by atoms with Crippen molar-refractivity contribution in [1.82, 2.24) is 14.9 Å². The number of hydrogen-bond donors (Lipinski definition) is 3. The Balaban J connectivity index is 3.13. The molecule has 4 N–H and O–H groups in total. The van der Waals surface area contributed by atoms with Crippen LogP contribution in [0.15, 0.2) is 18.7 Å². The van der Waals surface area contributed by atoms with E-state index >= 15 is 0 Å². The molecule has 0 fully saturated rings. The van der Waals surface area contributed by atoms with E-state index in [0.29, 0.717) is 19.3 Å². The van der Waals surface area contributed by atoms with E-state index in [-0.39, 0.29) is 25.5 Å². The highest BCUT2D eigenvalue weighted by Crippen LogP contribution is 2.29. The highest BCUT2D eigenvalue weighted by atomic mass is 32.2. The summed E-state index contributed by atoms with van der Waals surface area (Å²) in [6.45, 7) is 8.67. The van der Waals surface area contributed by atoms with Crippen molar-refractivity contribution in [1.29, 1.82) is 0 Å². The number of ether oxygens (including phenoxy) is 1. The van der Waals surface area contributed by atoms with Crippen molar-refractivity contribution in [2.24, 2.45) is 23.5 Å². The van der Waals surface area contributed by atoms with Crippen LogP contribution < -0.4 is 11.1 Å². The second-order valence-corrected chi connectivity index (χ2v) is 11.2. The Bertz CT molecular complexity index is 932. The average molecular weight is 517 g/mol. The molecule has 4 unspecified atom stereocenters. The van der Waals surface area contributed by atoms with E-state index < -0.39 is 56.9 Å². The van der Waals surface area contributed by atoms with Crippen LogP contribution in [0.2, 0.25) is 0 Å². The Hall–Kier alpha value is -2.47. The van der Waals surface area contributed by atoms with Gasteiger partial charge >= 0.3 is 5.97 Å². The minimum Gasteiger partial charge on any atom is -0.465 e. The van der Waals surface area contributed by atoms with Gasteiger partial charge in [0.05, 0.1) is 30.1 Å². The number of carbonyl (C=O) groups excluding carboxylic acids is 3. The van der Waals surface area contributed by atoms with Crippen molar-refractivity contribution in [3.63, 3.8) is 0 Å². The van der Waals surface area contributed by atoms with Gasteiger partial charge in [-0.15, -0.1) is 0 Å². The van der Waals surface area contributed by atoms with Crippen LogP contribution in [0.1, 0.15) is 72.8 Å². The van der Waals surface area contributed by atoms with Crippen LogP contribution in [-0.2, 0) is 29.2 Å². The molecule has 1 aromatic heterocycles. The van der Waals surface area contributed by atoms with Crippen molar-refractivity contribution in [2.45, 2.75) is 78.3 Å². The molecule has 200 valence electrons. The summed E-state index contributed by atoms with van der Waals surface area (Å²) < 4.78 is 39.1. The first-order valence-corrected chi connectivity index (χ1v) is 13.5. The summed E-state index contributed by atoms with van der Waals surface area (Å²) in [5, 5.41) is 2.64. The molecular weight excluding hydrogens is 476 g/mol. The van der Waals surface area contributed by atoms with E-state index in [1.165, 1.54) is 13.8 Å². The topological polar surface area (TPSA) is 171 Å². The molecule has 0 radical (unpaired) electrons. The lowest BCUT2D eigenvalue weighted by molar-refractivity contribution is -0.148. The fourth-order valence-corrected chi connectivity index (χ4v) is 5.08. The van der Waals surface area contributed by atoms with Crippen molar-refractivity contribution in [2.75, 3.05) is 12.4 Å². The summed E-state index contributed by atoms with van der Waals surface area (Å²) in [7, 11) is -4.35. The Morgan fingerprint density at radius 2 is 1.83 bits per heavy atom. The van der Waals surface area contributed by atoms with Crippen molar-refractivity contribution in [3.8, 4) is 0 Å². The molecule has 0 bridgehead atoms. The summed E-state index contributed by atoms with van der Waals surface area (Å²) in [6.07, 6.45) is 6.97. The van der Waals surface area contributed by atoms with Crippen molar-refractivity contribution >= 4 is 27.9 Å². The number of amides is 2. The van der Waals surface area contributed by atoms with Gasteiger partial charge in [0.1, 0.15) is 0 Å². The number of nitrogens with one attached hydrogen (secondary N) is 1. The van der Waals surface area contributed by atoms with Crippen LogP contribution in [0.5, 0.6) is 0 Å². The molecule has 4 atom stereocenters. The van der Waals surface area contributed by atoms with E-state index in [4.69, 9.17) is 10.5 Å². The van der Waals surface area contributed by atoms with Gasteiger partial charge in [0, 0.05) is 30.3 Å². The van der Waals surface area contributed by atoms with Crippen LogP contribution in [0.25, 0.3) is 0 Å². The minimum atomic E-state index is -4.35. The number of primary amides is 1. The van der Waals surface area contributed by atoms with Gasteiger partial charge in [-0.1, -0.05) is 20.8 Å². The Morgan fingerprint density at radius 1 is 1.17 bits per heavy atom. The number of carbonyl (C=O) groups is 3. The number of imidazole rings is 1. The van der Waals surface area contributed by atoms with Gasteiger partial charge in [0.25, 0.3) is 10.1 Å². The fourth-order valence-electron chi connectivity index (χ4n) is 4.09. The number of aromatic nitrogens is 2. The maximum Gasteiger partial charge on any atom is 0.308 e. The molecule has 1 aromatic rings. The van der Waals surface area contributed by atoms with Crippen LogP contribution in [0, 0.1) is 17.8 Å². The molecule has 11 nitrogen and oxygen atoms in total. The zero-order valence-corrected chi connectivity index (χ0v) is 22.1. The molecule has 1 rings (SSSR count). The highest BCUT2D eigenvalue weighted by Gasteiger charge is 2.35. The zero-order valence-electron chi connectivity index (χ0n) is 21.3. The summed E-state index contributed by atoms with van der Waals surface area (Å²) >= 11 is 0. The number of rotatable bonds is 16. The first-order valence-electron chi connectivity index (χ1n) is 11.9. The number of hydrogen-bond acceptors (Lipinski definition) is 7. The summed E-state index contributed by atoms with van der Waals surface area (Å²) in [5.74, 6) is -4.38. The average Bonchev–Trinajstić information content (AvgIpc) is 3.26. The molecule has 0 aliphatic carbocycles. The lowest BCUT2D eigenvalue weighted by Crippen LogP contribution is -2.51. The van der Waals surface area contributed by atoms with Gasteiger partial charge in [-0.25, -0.2) is 4.98 Å². The molecule has 2 amide bonds. The van der Waals surface area contributed by atoms with Gasteiger partial charge in [-0.2, -0.15) is 8.42 Å². The maximum atomic E-state index is 13.3. The smallest absolute Gasteiger partial charge is 0.308 e. The van der Waals surface area contributed by atoms with E-state index in [0.717, 1.165) is 0 Å². The molecule has 1 heterocycles. The predicted molar refractivity (Wildman–Crippen MR) is 131 cm³/mol. The number of nitrogens with zero attached hydrogens (tertiary/aromatic N) is 2. The van der Waals surface area contributed by atoms with Gasteiger partial charge in [0.15, 0.2) is 0 Å². The molecule has 0 aliphatic heterocycles. The van der Waals surface area contributed by atoms with Crippen LogP contribution in [0.4, 0.5) is 0 Å². The van der Waals surface area contributed by atoms with Gasteiger partial charge in [-0.3, -0.25) is 18.9 Å². The van der Waals surface area contributed by atoms with Gasteiger partial charge in [0.2, 0.25) is 11.8 Å². The first kappa shape index (κ1) is 30.6. The number of nitrogens with two attached hydrogens (primary N) is 1. The predicted octanol–water partition coefficient (Wildman–Crippen LogP) is 2.09. The lowest BCUT2D eigenvalue weighted by Gasteiger charge is -2.30. The van der Waals surface area contributed by atoms with Crippen molar-refractivity contribution < 1.29 is 32.1 Å². The fraction of sp³-hybridized carbons (Fsp3) is 0.739. The zero-order chi connectivity index (χ0) is 26.8. The monoisotopic (exact) mass is 516 g/mol. The third-order valence-corrected chi connectivity index (χ3v) is 6.90. The van der Waals surface area contributed by atoms with E-state index in [1.54, 1.807) is 25.6 Å². The standard InChI is InChI=1S/C23H40N4O7S/c1-6-10-34-22(30)16(3)11-18(21(29)26-23(4,5)14-35(31,32)33)12-17(20(24)28)13-19(7-2)27-9-8-25-15-27/h8-9,15-19H,6-7,10-14H2,1-5H3,(H2,24,28)(H,26,29)(H,31,32,33). The number of esters is 1. The normalized spacial score (nSPS) is 15.6. The Morgan fingerprint density at radius 3 is 2.31 bits per heavy atom. The molecule has 0 aromatic carbocycles. The summed E-state index contributed by atoms with van der Waals surface area (Å²) in [6, 6.07) is -0.0679. The quantitative estimate of drug-likeness (QED) is 0.221. The van der Waals surface area contributed by atoms with Crippen LogP contribution in [-0.4, -0.2) is 58.2 Å². The molecule has 0 aliphatic rings. The van der Waals surface area contributed by atoms with Crippen LogP contribution in [0.3, 0.4) is 0 Å². The molecular formula is C23H40N4O7S. The van der Waals surface area contributed by atoms with Gasteiger partial charge < -0.3 is 20.4 Å². The second kappa shape index (κ2) is 13.6. The Labute approximate surface area is 207 Å². The lowest BCUT2D eigenvalue weighted by atomic mass is 9.83. The highest BCUT2D eigenvalue weighted by molar-refractivity contribution is 7.85. The molecule has 0 saturated carbocycles. The minimum absolute atomic E-state index is 0.0679. The molecule has 0 spiro atoms. The maximum absolute atomic E-state index is 13.3. The Kier molecular flexibility index (Phi) is 11.9. The first-order chi connectivity index (χ1) is 16.2. The molecule has 0 saturated heterocycles. The molecule has 35 heavy (non-hydrogen) atoms. The van der Waals surface area contributed by atoms with Gasteiger partial charge in [-0.05, 0) is 46.0 Å². The van der Waals surface area contributed by atoms with E-state index in [2.05, 4.69) is 10.3 Å². The molecule has 12 heteroatoms. The SMILES string of the molecule is CCCOC(=O)C(C)CC(CC(CC(CC)n1ccnc1)C(N)=O)C(=O)NC(C)(C)CS(=O)(=O)O. The third-order valence-electron chi connectivity index (χ3n) is 5.81. The largest absolute Gasteiger partial charge is 0.465 e. The van der Waals surface area contributed by atoms with Crippen molar-refractivity contribution in [3.05, 3.63) is 18.7 Å². The van der Waals surface area contributed by atoms with Crippen LogP contribution >= 0.6 is 0 Å². The van der Waals surface area contributed by atoms with E-state index in [9.17, 15) is 27.4 Å². The summed E-state index contributed by atoms with van der Waals surface area (Å²) in [5.41, 5.74) is 4.43. The third kappa shape index (κ3) is 11.2. The summed E-state index contributed by atoms with van der Waals surface area (Å²) in [4.78, 5) is 42.0.